The molecule has 2 aliphatic carbocycles. The van der Waals surface area contributed by atoms with Gasteiger partial charge in [-0.15, -0.1) is 0 Å². The number of anilines is 1. The van der Waals surface area contributed by atoms with Crippen molar-refractivity contribution in [3.05, 3.63) is 73.8 Å². The average Bonchev–Trinajstić information content (AvgIpc) is 3.29. The summed E-state index contributed by atoms with van der Waals surface area (Å²) in [5.41, 5.74) is 2.85. The van der Waals surface area contributed by atoms with Crippen LogP contribution in [0.3, 0.4) is 0 Å². The smallest absolute Gasteiger partial charge is 0.274 e. The van der Waals surface area contributed by atoms with E-state index >= 15 is 0 Å². The van der Waals surface area contributed by atoms with E-state index in [2.05, 4.69) is 5.32 Å². The lowest BCUT2D eigenvalue weighted by Gasteiger charge is -2.43. The van der Waals surface area contributed by atoms with Gasteiger partial charge in [0.25, 0.3) is 11.4 Å². The molecule has 2 fully saturated rings. The topological polar surface area (TPSA) is 98.3 Å². The monoisotopic (exact) mass is 365 g/mol. The Morgan fingerprint density at radius 2 is 1.70 bits per heavy atom. The van der Waals surface area contributed by atoms with Crippen molar-refractivity contribution in [3.63, 3.8) is 0 Å². The lowest BCUT2D eigenvalue weighted by Crippen LogP contribution is -2.35. The molecule has 0 unspecified atom stereocenters. The molecule has 1 heterocycles. The second-order valence-corrected chi connectivity index (χ2v) is 7.90. The molecule has 7 nitrogen and oxygen atoms in total. The van der Waals surface area contributed by atoms with Gasteiger partial charge < -0.3 is 5.32 Å². The molecule has 2 aromatic rings. The van der Waals surface area contributed by atoms with Gasteiger partial charge >= 0.3 is 0 Å². The fourth-order valence-corrected chi connectivity index (χ4v) is 5.81. The molecule has 2 saturated carbocycles. The van der Waals surface area contributed by atoms with Crippen molar-refractivity contribution in [2.45, 2.75) is 31.2 Å². The zero-order valence-corrected chi connectivity index (χ0v) is 14.6. The first kappa shape index (κ1) is 16.2. The van der Waals surface area contributed by atoms with Gasteiger partial charge in [-0.1, -0.05) is 18.2 Å². The molecule has 5 atom stereocenters. The summed E-state index contributed by atoms with van der Waals surface area (Å²) < 4.78 is 0. The Hall–Kier alpha value is -2.96. The Morgan fingerprint density at radius 3 is 2.48 bits per heavy atom. The first-order valence-electron chi connectivity index (χ1n) is 9.33. The van der Waals surface area contributed by atoms with Gasteiger partial charge in [-0.2, -0.15) is 0 Å². The fraction of sp³-hybridized carbons (Fsp3) is 0.400. The van der Waals surface area contributed by atoms with Gasteiger partial charge in [-0.3, -0.25) is 20.2 Å². The predicted octanol–water partition coefficient (Wildman–Crippen LogP) is 4.80. The third kappa shape index (κ3) is 2.34. The van der Waals surface area contributed by atoms with Crippen LogP contribution in [0.2, 0.25) is 0 Å². The molecule has 138 valence electrons. The van der Waals surface area contributed by atoms with Gasteiger partial charge in [0.1, 0.15) is 0 Å². The maximum absolute atomic E-state index is 11.6. The maximum Gasteiger partial charge on any atom is 0.274 e. The van der Waals surface area contributed by atoms with Gasteiger partial charge in [-0.05, 0) is 54.6 Å². The highest BCUT2D eigenvalue weighted by molar-refractivity contribution is 5.63. The molecule has 7 heteroatoms. The number of nitro groups is 2. The van der Waals surface area contributed by atoms with E-state index in [-0.39, 0.29) is 39.1 Å². The molecule has 0 aromatic heterocycles. The molecule has 1 aliphatic heterocycles. The molecule has 5 rings (SSSR count). The van der Waals surface area contributed by atoms with Crippen molar-refractivity contribution >= 4 is 17.1 Å². The van der Waals surface area contributed by atoms with Gasteiger partial charge in [0.2, 0.25) is 0 Å². The summed E-state index contributed by atoms with van der Waals surface area (Å²) in [6.45, 7) is 0. The standard InChI is InChI=1S/C20H19N3O4/c24-22(25)13-7-8-16-15(10-13)18-11-5-6-12(9-11)19(18)20(21-16)14-3-1-2-4-17(14)23(26)27/h1-4,7-8,10-12,18-21H,5-6,9H2/t11-,12-,18-,19-,20-/m0/s1. The first-order chi connectivity index (χ1) is 13.0. The van der Waals surface area contributed by atoms with Crippen molar-refractivity contribution in [2.24, 2.45) is 17.8 Å². The summed E-state index contributed by atoms with van der Waals surface area (Å²) in [6.07, 6.45) is 3.38. The number of fused-ring (bicyclic) bond motifs is 7. The maximum atomic E-state index is 11.6. The van der Waals surface area contributed by atoms with Gasteiger partial charge in [-0.25, -0.2) is 0 Å². The van der Waals surface area contributed by atoms with Gasteiger partial charge in [0, 0.05) is 23.9 Å². The van der Waals surface area contributed by atoms with E-state index in [9.17, 15) is 20.2 Å². The number of rotatable bonds is 3. The van der Waals surface area contributed by atoms with E-state index in [1.165, 1.54) is 6.07 Å². The normalized spacial score (nSPS) is 30.3. The molecular weight excluding hydrogens is 346 g/mol. The van der Waals surface area contributed by atoms with Crippen molar-refractivity contribution in [1.82, 2.24) is 0 Å². The summed E-state index contributed by atoms with van der Waals surface area (Å²) in [5, 5.41) is 26.3. The SMILES string of the molecule is O=[N+]([O-])c1ccc2c(c1)[C@@H]1[C@H]3CC[C@@H](C3)[C@@H]1[C@H](c1ccccc1[N+](=O)[O-])N2. The zero-order chi connectivity index (χ0) is 18.7. The van der Waals surface area contributed by atoms with E-state index in [1.807, 2.05) is 12.1 Å². The average molecular weight is 365 g/mol. The van der Waals surface area contributed by atoms with E-state index in [0.717, 1.165) is 30.5 Å². The van der Waals surface area contributed by atoms with Crippen LogP contribution in [0.4, 0.5) is 17.1 Å². The fourth-order valence-electron chi connectivity index (χ4n) is 5.81. The van der Waals surface area contributed by atoms with Crippen LogP contribution in [0.1, 0.15) is 42.3 Å². The third-order valence-electron chi connectivity index (χ3n) is 6.75. The van der Waals surface area contributed by atoms with Crippen LogP contribution in [-0.2, 0) is 0 Å². The van der Waals surface area contributed by atoms with E-state index in [4.69, 9.17) is 0 Å². The van der Waals surface area contributed by atoms with Crippen LogP contribution in [0.25, 0.3) is 0 Å². The van der Waals surface area contributed by atoms with Gasteiger partial charge in [0.15, 0.2) is 0 Å². The second-order valence-electron chi connectivity index (χ2n) is 7.90. The molecule has 1 N–H and O–H groups in total. The minimum Gasteiger partial charge on any atom is -0.377 e. The lowest BCUT2D eigenvalue weighted by molar-refractivity contribution is -0.385. The van der Waals surface area contributed by atoms with Crippen LogP contribution in [0.15, 0.2) is 42.5 Å². The van der Waals surface area contributed by atoms with E-state index in [0.29, 0.717) is 17.4 Å². The van der Waals surface area contributed by atoms with Gasteiger partial charge in [0.05, 0.1) is 21.5 Å². The van der Waals surface area contributed by atoms with Crippen LogP contribution in [0, 0.1) is 38.0 Å². The van der Waals surface area contributed by atoms with E-state index in [1.54, 1.807) is 24.3 Å². The summed E-state index contributed by atoms with van der Waals surface area (Å²) >= 11 is 0. The molecule has 3 aliphatic rings. The molecule has 0 radical (unpaired) electrons. The summed E-state index contributed by atoms with van der Waals surface area (Å²) in [7, 11) is 0. The van der Waals surface area contributed by atoms with Crippen molar-refractivity contribution < 1.29 is 9.85 Å². The van der Waals surface area contributed by atoms with Crippen molar-refractivity contribution in [2.75, 3.05) is 5.32 Å². The minimum atomic E-state index is -0.351. The lowest BCUT2D eigenvalue weighted by atomic mass is 9.68. The minimum absolute atomic E-state index is 0.112. The largest absolute Gasteiger partial charge is 0.377 e. The highest BCUT2D eigenvalue weighted by Gasteiger charge is 2.54. The zero-order valence-electron chi connectivity index (χ0n) is 14.6. The number of para-hydroxylation sites is 1. The summed E-state index contributed by atoms with van der Waals surface area (Å²) in [6, 6.07) is 11.8. The Bertz CT molecular complexity index is 960. The number of non-ortho nitro benzene ring substituents is 1. The van der Waals surface area contributed by atoms with Crippen LogP contribution in [-0.4, -0.2) is 9.85 Å². The Balaban J connectivity index is 1.66. The first-order valence-corrected chi connectivity index (χ1v) is 9.33. The number of benzene rings is 2. The highest BCUT2D eigenvalue weighted by Crippen LogP contribution is 2.64. The molecule has 0 saturated heterocycles. The Morgan fingerprint density at radius 1 is 0.926 bits per heavy atom. The Labute approximate surface area is 155 Å². The van der Waals surface area contributed by atoms with Crippen molar-refractivity contribution in [3.8, 4) is 0 Å². The van der Waals surface area contributed by atoms with Crippen molar-refractivity contribution in [1.29, 1.82) is 0 Å². The summed E-state index contributed by atoms with van der Waals surface area (Å²) in [5.74, 6) is 1.47. The highest BCUT2D eigenvalue weighted by atomic mass is 16.6. The molecular formula is C20H19N3O4. The second kappa shape index (κ2) is 5.77. The Kier molecular flexibility index (Phi) is 3.47. The summed E-state index contributed by atoms with van der Waals surface area (Å²) in [4.78, 5) is 22.2. The van der Waals surface area contributed by atoms with Crippen LogP contribution < -0.4 is 5.32 Å². The molecule has 2 bridgehead atoms. The number of nitrogens with zero attached hydrogens (tertiary/aromatic N) is 2. The quantitative estimate of drug-likeness (QED) is 0.622. The molecule has 0 spiro atoms. The number of nitro benzene ring substituents is 2. The third-order valence-corrected chi connectivity index (χ3v) is 6.75. The molecule has 0 amide bonds. The van der Waals surface area contributed by atoms with Crippen LogP contribution >= 0.6 is 0 Å². The van der Waals surface area contributed by atoms with E-state index < -0.39 is 0 Å². The molecule has 2 aromatic carbocycles. The number of hydrogen-bond acceptors (Lipinski definition) is 5. The number of hydrogen-bond donors (Lipinski definition) is 1. The van der Waals surface area contributed by atoms with Crippen LogP contribution in [0.5, 0.6) is 0 Å². The predicted molar refractivity (Wildman–Crippen MR) is 99.6 cm³/mol. The number of nitrogens with one attached hydrogen (secondary N) is 1. The molecule has 27 heavy (non-hydrogen) atoms.